The molecule has 0 bridgehead atoms. The van der Waals surface area contributed by atoms with Crippen molar-refractivity contribution in [1.29, 1.82) is 0 Å². The number of anilines is 2. The van der Waals surface area contributed by atoms with Gasteiger partial charge in [-0.05, 0) is 25.9 Å². The van der Waals surface area contributed by atoms with Gasteiger partial charge >= 0.3 is 6.01 Å². The molecule has 2 heterocycles. The van der Waals surface area contributed by atoms with Gasteiger partial charge in [-0.25, -0.2) is 0 Å². The number of nitrogens with one attached hydrogen (secondary N) is 1. The summed E-state index contributed by atoms with van der Waals surface area (Å²) in [5, 5.41) is 3.17. The fourth-order valence-corrected chi connectivity index (χ4v) is 1.97. The van der Waals surface area contributed by atoms with Gasteiger partial charge in [0.05, 0.1) is 7.11 Å². The number of rotatable bonds is 4. The van der Waals surface area contributed by atoms with Gasteiger partial charge in [-0.15, -0.1) is 0 Å². The zero-order valence-corrected chi connectivity index (χ0v) is 10.2. The summed E-state index contributed by atoms with van der Waals surface area (Å²) in [4.78, 5) is 14.2. The van der Waals surface area contributed by atoms with Gasteiger partial charge in [0, 0.05) is 13.1 Å². The molecule has 1 aromatic heterocycles. The number of aromatic nitrogens is 3. The lowest BCUT2D eigenvalue weighted by Gasteiger charge is -2.11. The second-order valence-electron chi connectivity index (χ2n) is 4.30. The average Bonchev–Trinajstić information content (AvgIpc) is 2.72. The first-order valence-corrected chi connectivity index (χ1v) is 5.65. The molecule has 1 aliphatic heterocycles. The maximum Gasteiger partial charge on any atom is 0.322 e. The van der Waals surface area contributed by atoms with E-state index in [2.05, 4.69) is 32.2 Å². The van der Waals surface area contributed by atoms with Crippen molar-refractivity contribution in [3.63, 3.8) is 0 Å². The van der Waals surface area contributed by atoms with Crippen LogP contribution in [0.15, 0.2) is 0 Å². The number of ether oxygens (including phenoxy) is 1. The van der Waals surface area contributed by atoms with Crippen LogP contribution >= 0.6 is 0 Å². The van der Waals surface area contributed by atoms with Gasteiger partial charge in [0.2, 0.25) is 11.9 Å². The molecule has 1 saturated heterocycles. The molecule has 1 aliphatic rings. The van der Waals surface area contributed by atoms with Crippen LogP contribution in [0.4, 0.5) is 11.9 Å². The lowest BCUT2D eigenvalue weighted by atomic mass is 10.1. The SMILES string of the molecule is COc1nc(N)nc(NCC2CCN(C)C2)n1. The number of nitrogen functional groups attached to an aromatic ring is 1. The third kappa shape index (κ3) is 3.16. The fraction of sp³-hybridized carbons (Fsp3) is 0.700. The lowest BCUT2D eigenvalue weighted by molar-refractivity contribution is 0.379. The Labute approximate surface area is 100 Å². The van der Waals surface area contributed by atoms with Crippen LogP contribution in [-0.2, 0) is 0 Å². The molecule has 7 heteroatoms. The number of hydrogen-bond acceptors (Lipinski definition) is 7. The van der Waals surface area contributed by atoms with E-state index in [-0.39, 0.29) is 12.0 Å². The Bertz CT molecular complexity index is 385. The minimum Gasteiger partial charge on any atom is -0.467 e. The monoisotopic (exact) mass is 238 g/mol. The maximum absolute atomic E-state index is 5.55. The van der Waals surface area contributed by atoms with Crippen molar-refractivity contribution in [3.8, 4) is 6.01 Å². The molecule has 7 nitrogen and oxygen atoms in total. The molecule has 0 spiro atoms. The van der Waals surface area contributed by atoms with E-state index in [0.29, 0.717) is 11.9 Å². The molecule has 1 fully saturated rings. The predicted molar refractivity (Wildman–Crippen MR) is 64.9 cm³/mol. The van der Waals surface area contributed by atoms with Crippen molar-refractivity contribution in [2.45, 2.75) is 6.42 Å². The summed E-state index contributed by atoms with van der Waals surface area (Å²) in [6, 6.07) is 0.239. The lowest BCUT2D eigenvalue weighted by Crippen LogP contribution is -2.20. The first-order valence-electron chi connectivity index (χ1n) is 5.65. The highest BCUT2D eigenvalue weighted by atomic mass is 16.5. The molecule has 94 valence electrons. The van der Waals surface area contributed by atoms with Crippen molar-refractivity contribution in [2.24, 2.45) is 5.92 Å². The average molecular weight is 238 g/mol. The molecule has 1 atom stereocenters. The van der Waals surface area contributed by atoms with Gasteiger partial charge in [-0.1, -0.05) is 0 Å². The van der Waals surface area contributed by atoms with Crippen LogP contribution in [0.3, 0.4) is 0 Å². The van der Waals surface area contributed by atoms with E-state index < -0.39 is 0 Å². The van der Waals surface area contributed by atoms with E-state index in [1.165, 1.54) is 13.5 Å². The topological polar surface area (TPSA) is 89.2 Å². The minimum atomic E-state index is 0.169. The molecule has 17 heavy (non-hydrogen) atoms. The van der Waals surface area contributed by atoms with Crippen LogP contribution in [0.1, 0.15) is 6.42 Å². The first kappa shape index (κ1) is 11.8. The van der Waals surface area contributed by atoms with Crippen molar-refractivity contribution < 1.29 is 4.74 Å². The van der Waals surface area contributed by atoms with Crippen LogP contribution in [0.2, 0.25) is 0 Å². The fourth-order valence-electron chi connectivity index (χ4n) is 1.97. The molecule has 1 unspecified atom stereocenters. The summed E-state index contributed by atoms with van der Waals surface area (Å²) < 4.78 is 4.93. The van der Waals surface area contributed by atoms with E-state index in [0.717, 1.165) is 19.6 Å². The van der Waals surface area contributed by atoms with Gasteiger partial charge in [0.25, 0.3) is 0 Å². The van der Waals surface area contributed by atoms with Gasteiger partial charge in [0.1, 0.15) is 0 Å². The van der Waals surface area contributed by atoms with Crippen LogP contribution in [0.5, 0.6) is 6.01 Å². The van der Waals surface area contributed by atoms with E-state index in [9.17, 15) is 0 Å². The number of likely N-dealkylation sites (tertiary alicyclic amines) is 1. The van der Waals surface area contributed by atoms with Crippen LogP contribution < -0.4 is 15.8 Å². The second-order valence-corrected chi connectivity index (χ2v) is 4.30. The Morgan fingerprint density at radius 1 is 1.47 bits per heavy atom. The molecule has 0 radical (unpaired) electrons. The van der Waals surface area contributed by atoms with Crippen molar-refractivity contribution in [2.75, 3.05) is 44.8 Å². The summed E-state index contributed by atoms with van der Waals surface area (Å²) in [5.41, 5.74) is 5.55. The quantitative estimate of drug-likeness (QED) is 0.752. The molecular weight excluding hydrogens is 220 g/mol. The van der Waals surface area contributed by atoms with Crippen LogP contribution in [0.25, 0.3) is 0 Å². The Morgan fingerprint density at radius 3 is 2.94 bits per heavy atom. The standard InChI is InChI=1S/C10H18N6O/c1-16-4-3-7(6-16)5-12-9-13-8(11)14-10(15-9)17-2/h7H,3-6H2,1-2H3,(H3,11,12,13,14,15). The highest BCUT2D eigenvalue weighted by Crippen LogP contribution is 2.15. The third-order valence-corrected chi connectivity index (χ3v) is 2.85. The van der Waals surface area contributed by atoms with Crippen molar-refractivity contribution in [1.82, 2.24) is 19.9 Å². The maximum atomic E-state index is 5.55. The highest BCUT2D eigenvalue weighted by molar-refractivity contribution is 5.32. The van der Waals surface area contributed by atoms with Gasteiger partial charge in [-0.3, -0.25) is 0 Å². The highest BCUT2D eigenvalue weighted by Gasteiger charge is 2.19. The summed E-state index contributed by atoms with van der Waals surface area (Å²) in [5.74, 6) is 1.27. The molecule has 0 amide bonds. The number of nitrogens with two attached hydrogens (primary N) is 1. The van der Waals surface area contributed by atoms with E-state index in [1.807, 2.05) is 0 Å². The van der Waals surface area contributed by atoms with E-state index in [4.69, 9.17) is 10.5 Å². The molecule has 2 rings (SSSR count). The summed E-state index contributed by atoms with van der Waals surface area (Å²) >= 11 is 0. The van der Waals surface area contributed by atoms with E-state index >= 15 is 0 Å². The van der Waals surface area contributed by atoms with Crippen LogP contribution in [-0.4, -0.2) is 53.6 Å². The molecular formula is C10H18N6O. The summed E-state index contributed by atoms with van der Waals surface area (Å²) in [6.45, 7) is 3.09. The Hall–Kier alpha value is -1.63. The molecule has 0 aliphatic carbocycles. The zero-order chi connectivity index (χ0) is 12.3. The number of methoxy groups -OCH3 is 1. The van der Waals surface area contributed by atoms with Crippen molar-refractivity contribution >= 4 is 11.9 Å². The Kier molecular flexibility index (Phi) is 3.58. The first-order chi connectivity index (χ1) is 8.17. The molecule has 0 aromatic carbocycles. The molecule has 0 saturated carbocycles. The van der Waals surface area contributed by atoms with Crippen molar-refractivity contribution in [3.05, 3.63) is 0 Å². The van der Waals surface area contributed by atoms with Crippen LogP contribution in [0, 0.1) is 5.92 Å². The summed E-state index contributed by atoms with van der Waals surface area (Å²) in [6.07, 6.45) is 1.20. The predicted octanol–water partition coefficient (Wildman–Crippen LogP) is -0.174. The largest absolute Gasteiger partial charge is 0.467 e. The number of hydrogen-bond donors (Lipinski definition) is 2. The van der Waals surface area contributed by atoms with Gasteiger partial charge < -0.3 is 20.7 Å². The third-order valence-electron chi connectivity index (χ3n) is 2.85. The Morgan fingerprint density at radius 2 is 2.29 bits per heavy atom. The molecule has 3 N–H and O–H groups in total. The zero-order valence-electron chi connectivity index (χ0n) is 10.2. The minimum absolute atomic E-state index is 0.169. The summed E-state index contributed by atoms with van der Waals surface area (Å²) in [7, 11) is 3.63. The second kappa shape index (κ2) is 5.13. The normalized spacial score (nSPS) is 20.5. The van der Waals surface area contributed by atoms with Gasteiger partial charge in [0.15, 0.2) is 0 Å². The smallest absolute Gasteiger partial charge is 0.322 e. The Balaban J connectivity index is 1.92. The molecule has 1 aromatic rings. The number of nitrogens with zero attached hydrogens (tertiary/aromatic N) is 4. The van der Waals surface area contributed by atoms with E-state index in [1.54, 1.807) is 0 Å². The van der Waals surface area contributed by atoms with Gasteiger partial charge in [-0.2, -0.15) is 15.0 Å².